The maximum absolute atomic E-state index is 4.74. The Morgan fingerprint density at radius 3 is 2.70 bits per heavy atom. The number of para-hydroxylation sites is 2. The van der Waals surface area contributed by atoms with E-state index in [1.807, 2.05) is 6.07 Å². The van der Waals surface area contributed by atoms with E-state index in [0.717, 1.165) is 16.9 Å². The van der Waals surface area contributed by atoms with Crippen LogP contribution in [0.3, 0.4) is 0 Å². The van der Waals surface area contributed by atoms with Gasteiger partial charge in [0.25, 0.3) is 0 Å². The summed E-state index contributed by atoms with van der Waals surface area (Å²) < 4.78 is 0. The number of fused-ring (bicyclic) bond motifs is 1. The first-order chi connectivity index (χ1) is 9.65. The topological polar surface area (TPSA) is 35.2 Å². The van der Waals surface area contributed by atoms with Crippen molar-refractivity contribution in [2.45, 2.75) is 31.8 Å². The van der Waals surface area contributed by atoms with Crippen LogP contribution in [0.4, 0.5) is 0 Å². The molecule has 0 aliphatic carbocycles. The molecule has 108 valence electrons. The van der Waals surface area contributed by atoms with E-state index < -0.39 is 0 Å². The van der Waals surface area contributed by atoms with E-state index >= 15 is 0 Å². The molecule has 2 aromatic rings. The predicted molar refractivity (Wildman–Crippen MR) is 82.8 cm³/mol. The first kappa shape index (κ1) is 13.6. The van der Waals surface area contributed by atoms with Crippen LogP contribution in [0, 0.1) is 0 Å². The summed E-state index contributed by atoms with van der Waals surface area (Å²) in [5.41, 5.74) is 2.19. The number of hydrogen-bond donors (Lipinski definition) is 1. The van der Waals surface area contributed by atoms with Crippen molar-refractivity contribution in [1.82, 2.24) is 19.8 Å². The zero-order valence-corrected chi connectivity index (χ0v) is 12.6. The average molecular weight is 272 g/mol. The van der Waals surface area contributed by atoms with E-state index in [1.165, 1.54) is 25.9 Å². The first-order valence-electron chi connectivity index (χ1n) is 7.50. The van der Waals surface area contributed by atoms with Gasteiger partial charge in [-0.15, -0.1) is 0 Å². The Morgan fingerprint density at radius 1 is 1.30 bits per heavy atom. The molecule has 4 heteroatoms. The van der Waals surface area contributed by atoms with Crippen LogP contribution >= 0.6 is 0 Å². The van der Waals surface area contributed by atoms with Crippen molar-refractivity contribution in [2.75, 3.05) is 27.2 Å². The van der Waals surface area contributed by atoms with Gasteiger partial charge < -0.3 is 9.88 Å². The summed E-state index contributed by atoms with van der Waals surface area (Å²) in [5.74, 6) is 1.08. The highest BCUT2D eigenvalue weighted by Gasteiger charge is 2.25. The molecular weight excluding hydrogens is 248 g/mol. The highest BCUT2D eigenvalue weighted by atomic mass is 15.2. The number of piperidine rings is 1. The second kappa shape index (κ2) is 5.54. The van der Waals surface area contributed by atoms with Gasteiger partial charge in [0.15, 0.2) is 0 Å². The maximum Gasteiger partial charge on any atom is 0.124 e. The molecule has 1 aromatic carbocycles. The summed E-state index contributed by atoms with van der Waals surface area (Å²) in [5, 5.41) is 0. The van der Waals surface area contributed by atoms with Gasteiger partial charge in [-0.1, -0.05) is 12.1 Å². The number of aromatic nitrogens is 2. The molecule has 0 saturated carbocycles. The highest BCUT2D eigenvalue weighted by molar-refractivity contribution is 5.74. The first-order valence-corrected chi connectivity index (χ1v) is 7.50. The van der Waals surface area contributed by atoms with Crippen molar-refractivity contribution in [1.29, 1.82) is 0 Å². The summed E-state index contributed by atoms with van der Waals surface area (Å²) in [4.78, 5) is 13.1. The van der Waals surface area contributed by atoms with Crippen LogP contribution in [0.25, 0.3) is 11.0 Å². The summed E-state index contributed by atoms with van der Waals surface area (Å²) in [6, 6.07) is 9.24. The van der Waals surface area contributed by atoms with Crippen LogP contribution in [0.2, 0.25) is 0 Å². The van der Waals surface area contributed by atoms with Gasteiger partial charge in [-0.05, 0) is 59.1 Å². The fourth-order valence-corrected chi connectivity index (χ4v) is 3.08. The monoisotopic (exact) mass is 272 g/mol. The third-order valence-corrected chi connectivity index (χ3v) is 4.68. The molecule has 20 heavy (non-hydrogen) atoms. The Hall–Kier alpha value is -1.39. The minimum Gasteiger partial charge on any atom is -0.341 e. The third kappa shape index (κ3) is 2.58. The SMILES string of the molecule is CC(c1nc2ccccc2[nH]1)N(C)C1CCN(C)CC1. The molecule has 0 radical (unpaired) electrons. The Bertz CT molecular complexity index is 536. The van der Waals surface area contributed by atoms with Crippen LogP contribution in [-0.2, 0) is 0 Å². The quantitative estimate of drug-likeness (QED) is 0.933. The molecule has 1 aliphatic rings. The highest BCUT2D eigenvalue weighted by Crippen LogP contribution is 2.25. The Balaban J connectivity index is 1.75. The molecule has 2 heterocycles. The number of H-pyrrole nitrogens is 1. The molecule has 1 unspecified atom stereocenters. The Morgan fingerprint density at radius 2 is 2.00 bits per heavy atom. The number of hydrogen-bond acceptors (Lipinski definition) is 3. The lowest BCUT2D eigenvalue weighted by molar-refractivity contribution is 0.111. The minimum atomic E-state index is 0.329. The number of aromatic amines is 1. The van der Waals surface area contributed by atoms with E-state index in [0.29, 0.717) is 12.1 Å². The summed E-state index contributed by atoms with van der Waals surface area (Å²) in [6.07, 6.45) is 2.50. The van der Waals surface area contributed by atoms with E-state index in [2.05, 4.69) is 54.0 Å². The van der Waals surface area contributed by atoms with Crippen LogP contribution in [0.5, 0.6) is 0 Å². The second-order valence-corrected chi connectivity index (χ2v) is 6.02. The van der Waals surface area contributed by atoms with Gasteiger partial charge in [0, 0.05) is 6.04 Å². The fourth-order valence-electron chi connectivity index (χ4n) is 3.08. The van der Waals surface area contributed by atoms with Crippen molar-refractivity contribution >= 4 is 11.0 Å². The number of imidazole rings is 1. The molecule has 1 atom stereocenters. The maximum atomic E-state index is 4.74. The van der Waals surface area contributed by atoms with Crippen LogP contribution in [-0.4, -0.2) is 53.0 Å². The lowest BCUT2D eigenvalue weighted by Crippen LogP contribution is -2.43. The van der Waals surface area contributed by atoms with Crippen molar-refractivity contribution in [3.63, 3.8) is 0 Å². The molecule has 0 bridgehead atoms. The average Bonchev–Trinajstić information content (AvgIpc) is 2.90. The summed E-state index contributed by atoms with van der Waals surface area (Å²) in [7, 11) is 4.44. The van der Waals surface area contributed by atoms with Gasteiger partial charge in [0.05, 0.1) is 17.1 Å². The van der Waals surface area contributed by atoms with Gasteiger partial charge in [-0.2, -0.15) is 0 Å². The normalized spacial score (nSPS) is 19.8. The molecule has 1 fully saturated rings. The van der Waals surface area contributed by atoms with Gasteiger partial charge in [0.2, 0.25) is 0 Å². The summed E-state index contributed by atoms with van der Waals surface area (Å²) in [6.45, 7) is 4.64. The Labute approximate surface area is 120 Å². The lowest BCUT2D eigenvalue weighted by Gasteiger charge is -2.37. The molecule has 1 N–H and O–H groups in total. The Kier molecular flexibility index (Phi) is 3.76. The minimum absolute atomic E-state index is 0.329. The molecule has 1 aromatic heterocycles. The third-order valence-electron chi connectivity index (χ3n) is 4.68. The van der Waals surface area contributed by atoms with Crippen molar-refractivity contribution in [3.8, 4) is 0 Å². The van der Waals surface area contributed by atoms with Crippen molar-refractivity contribution < 1.29 is 0 Å². The van der Waals surface area contributed by atoms with Crippen molar-refractivity contribution in [3.05, 3.63) is 30.1 Å². The van der Waals surface area contributed by atoms with Crippen LogP contribution in [0.15, 0.2) is 24.3 Å². The lowest BCUT2D eigenvalue weighted by atomic mass is 10.0. The van der Waals surface area contributed by atoms with Gasteiger partial charge in [-0.3, -0.25) is 4.90 Å². The fraction of sp³-hybridized carbons (Fsp3) is 0.562. The van der Waals surface area contributed by atoms with Crippen molar-refractivity contribution in [2.24, 2.45) is 0 Å². The number of benzene rings is 1. The van der Waals surface area contributed by atoms with E-state index in [9.17, 15) is 0 Å². The zero-order chi connectivity index (χ0) is 14.1. The second-order valence-electron chi connectivity index (χ2n) is 6.02. The molecule has 4 nitrogen and oxygen atoms in total. The molecule has 0 amide bonds. The van der Waals surface area contributed by atoms with E-state index in [1.54, 1.807) is 0 Å². The van der Waals surface area contributed by atoms with Gasteiger partial charge in [0.1, 0.15) is 5.82 Å². The van der Waals surface area contributed by atoms with E-state index in [-0.39, 0.29) is 0 Å². The van der Waals surface area contributed by atoms with Crippen LogP contribution < -0.4 is 0 Å². The van der Waals surface area contributed by atoms with Crippen LogP contribution in [0.1, 0.15) is 31.6 Å². The molecule has 1 saturated heterocycles. The van der Waals surface area contributed by atoms with Gasteiger partial charge >= 0.3 is 0 Å². The molecule has 1 aliphatic heterocycles. The number of likely N-dealkylation sites (tertiary alicyclic amines) is 1. The number of nitrogens with one attached hydrogen (secondary N) is 1. The standard InChI is InChI=1S/C16H24N4/c1-12(20(3)13-8-10-19(2)11-9-13)16-17-14-6-4-5-7-15(14)18-16/h4-7,12-13H,8-11H2,1-3H3,(H,17,18). The molecular formula is C16H24N4. The van der Waals surface area contributed by atoms with Gasteiger partial charge in [-0.25, -0.2) is 4.98 Å². The smallest absolute Gasteiger partial charge is 0.124 e. The zero-order valence-electron chi connectivity index (χ0n) is 12.6. The number of rotatable bonds is 3. The molecule has 3 rings (SSSR count). The molecule has 0 spiro atoms. The summed E-state index contributed by atoms with van der Waals surface area (Å²) >= 11 is 0. The largest absolute Gasteiger partial charge is 0.341 e. The van der Waals surface area contributed by atoms with E-state index in [4.69, 9.17) is 4.98 Å². The predicted octanol–water partition coefficient (Wildman–Crippen LogP) is 2.65. The number of nitrogens with zero attached hydrogens (tertiary/aromatic N) is 3.